The minimum Gasteiger partial charge on any atom is -0.544 e. The minimum absolute atomic E-state index is 0.110. The number of nitrogens with zero attached hydrogens (tertiary/aromatic N) is 1. The molecule has 0 amide bonds. The second-order valence-electron chi connectivity index (χ2n) is 9.46. The van der Waals surface area contributed by atoms with E-state index in [1.54, 1.807) is 0 Å². The fourth-order valence-corrected chi connectivity index (χ4v) is 4.89. The number of fused-ring (bicyclic) bond motifs is 2. The van der Waals surface area contributed by atoms with Crippen LogP contribution in [-0.4, -0.2) is 25.4 Å². The number of aliphatic hydroxyl groups excluding tert-OH is 1. The van der Waals surface area contributed by atoms with Gasteiger partial charge in [-0.05, 0) is 47.5 Å². The second-order valence-corrected chi connectivity index (χ2v) is 14.2. The van der Waals surface area contributed by atoms with Crippen LogP contribution >= 0.6 is 0 Å². The van der Waals surface area contributed by atoms with E-state index in [2.05, 4.69) is 38.9 Å². The Kier molecular flexibility index (Phi) is 4.35. The number of hydrogen-bond acceptors (Lipinski definition) is 4. The van der Waals surface area contributed by atoms with E-state index in [4.69, 9.17) is 4.43 Å². The molecular weight excluding hydrogens is 378 g/mol. The van der Waals surface area contributed by atoms with Crippen LogP contribution in [0.15, 0.2) is 59.3 Å². The number of allylic oxidation sites excluding steroid dienone is 2. The summed E-state index contributed by atoms with van der Waals surface area (Å²) in [4.78, 5) is 17.0. The van der Waals surface area contributed by atoms with E-state index in [9.17, 15) is 9.90 Å². The number of aliphatic hydroxyl groups is 1. The topological polar surface area (TPSA) is 58.9 Å². The highest BCUT2D eigenvalue weighted by molar-refractivity contribution is 6.74. The molecule has 2 aromatic carbocycles. The Balaban J connectivity index is 1.73. The number of para-hydroxylation sites is 1. The zero-order valence-electron chi connectivity index (χ0n) is 17.6. The maximum atomic E-state index is 12.5. The number of benzene rings is 2. The Labute approximate surface area is 173 Å². The summed E-state index contributed by atoms with van der Waals surface area (Å²) in [6.45, 7) is 11.1. The van der Waals surface area contributed by atoms with E-state index in [0.29, 0.717) is 5.57 Å². The molecule has 29 heavy (non-hydrogen) atoms. The standard InChI is InChI=1S/C24H27NO3Si/c1-23(2,3)29(4,5)28-17-12-10-16(11-13-17)21-22(27)20(26)14-24(21)15-25-19-9-7-6-8-18(19)24/h6-13,15,27H,14H2,1-5H3/t24-/m1/s1. The lowest BCUT2D eigenvalue weighted by molar-refractivity contribution is -0.117. The molecule has 0 fully saturated rings. The number of hydrogen-bond donors (Lipinski definition) is 1. The fourth-order valence-electron chi connectivity index (χ4n) is 3.86. The third kappa shape index (κ3) is 3.04. The Morgan fingerprint density at radius 1 is 1.07 bits per heavy atom. The van der Waals surface area contributed by atoms with Gasteiger partial charge in [-0.25, -0.2) is 0 Å². The van der Waals surface area contributed by atoms with Crippen LogP contribution in [-0.2, 0) is 10.2 Å². The minimum atomic E-state index is -1.94. The van der Waals surface area contributed by atoms with Crippen molar-refractivity contribution in [1.82, 2.24) is 0 Å². The maximum Gasteiger partial charge on any atom is 0.250 e. The SMILES string of the molecule is CC(C)(C)[Si](C)(C)Oc1ccc(C2=C(O)C(=O)C[C@]23C=Nc2ccccc23)cc1. The summed E-state index contributed by atoms with van der Waals surface area (Å²) >= 11 is 0. The first-order valence-corrected chi connectivity index (χ1v) is 12.9. The van der Waals surface area contributed by atoms with Gasteiger partial charge in [0.15, 0.2) is 11.5 Å². The first-order valence-electron chi connectivity index (χ1n) is 9.96. The molecule has 4 rings (SSSR count). The smallest absolute Gasteiger partial charge is 0.250 e. The van der Waals surface area contributed by atoms with Gasteiger partial charge < -0.3 is 9.53 Å². The molecule has 5 heteroatoms. The zero-order valence-corrected chi connectivity index (χ0v) is 18.6. The van der Waals surface area contributed by atoms with Crippen molar-refractivity contribution < 1.29 is 14.3 Å². The molecule has 1 N–H and O–H groups in total. The molecule has 0 saturated carbocycles. The molecule has 2 aliphatic rings. The van der Waals surface area contributed by atoms with Crippen molar-refractivity contribution in [3.8, 4) is 5.75 Å². The lowest BCUT2D eigenvalue weighted by Gasteiger charge is -2.36. The molecule has 1 spiro atoms. The molecule has 0 radical (unpaired) electrons. The summed E-state index contributed by atoms with van der Waals surface area (Å²) in [5, 5.41) is 10.8. The van der Waals surface area contributed by atoms with Crippen molar-refractivity contribution in [2.75, 3.05) is 0 Å². The molecule has 4 nitrogen and oxygen atoms in total. The third-order valence-electron chi connectivity index (χ3n) is 6.52. The van der Waals surface area contributed by atoms with Crippen molar-refractivity contribution in [1.29, 1.82) is 0 Å². The van der Waals surface area contributed by atoms with Gasteiger partial charge in [0, 0.05) is 18.2 Å². The Bertz CT molecular complexity index is 1040. The highest BCUT2D eigenvalue weighted by atomic mass is 28.4. The van der Waals surface area contributed by atoms with E-state index in [0.717, 1.165) is 22.6 Å². The van der Waals surface area contributed by atoms with Crippen molar-refractivity contribution in [2.24, 2.45) is 4.99 Å². The van der Waals surface area contributed by atoms with Crippen LogP contribution in [0.3, 0.4) is 0 Å². The normalized spacial score (nSPS) is 21.2. The van der Waals surface area contributed by atoms with Crippen LogP contribution in [0.2, 0.25) is 18.1 Å². The van der Waals surface area contributed by atoms with E-state index in [1.165, 1.54) is 0 Å². The Morgan fingerprint density at radius 3 is 2.38 bits per heavy atom. The summed E-state index contributed by atoms with van der Waals surface area (Å²) in [5.41, 5.74) is 2.58. The van der Waals surface area contributed by atoms with Crippen LogP contribution in [0.25, 0.3) is 5.57 Å². The molecule has 150 valence electrons. The Hall–Kier alpha value is -2.66. The van der Waals surface area contributed by atoms with E-state index in [-0.39, 0.29) is 23.0 Å². The average molecular weight is 406 g/mol. The highest BCUT2D eigenvalue weighted by Crippen LogP contribution is 2.52. The Morgan fingerprint density at radius 2 is 1.72 bits per heavy atom. The lowest BCUT2D eigenvalue weighted by atomic mass is 9.74. The van der Waals surface area contributed by atoms with Gasteiger partial charge in [-0.3, -0.25) is 9.79 Å². The molecule has 0 aromatic heterocycles. The molecule has 1 heterocycles. The number of ketones is 1. The summed E-state index contributed by atoms with van der Waals surface area (Å²) < 4.78 is 6.37. The van der Waals surface area contributed by atoms with Gasteiger partial charge in [-0.1, -0.05) is 51.1 Å². The fraction of sp³-hybridized carbons (Fsp3) is 0.333. The van der Waals surface area contributed by atoms with Crippen molar-refractivity contribution in [3.63, 3.8) is 0 Å². The van der Waals surface area contributed by atoms with E-state index < -0.39 is 13.7 Å². The van der Waals surface area contributed by atoms with E-state index in [1.807, 2.05) is 54.7 Å². The van der Waals surface area contributed by atoms with Gasteiger partial charge in [-0.2, -0.15) is 0 Å². The summed E-state index contributed by atoms with van der Waals surface area (Å²) in [6, 6.07) is 15.5. The van der Waals surface area contributed by atoms with Crippen LogP contribution in [0.4, 0.5) is 5.69 Å². The zero-order chi connectivity index (χ0) is 21.0. The largest absolute Gasteiger partial charge is 0.544 e. The number of carbonyl (C=O) groups is 1. The number of rotatable bonds is 3. The summed E-state index contributed by atoms with van der Waals surface area (Å²) in [6.07, 6.45) is 2.02. The molecule has 2 aromatic rings. The van der Waals surface area contributed by atoms with E-state index >= 15 is 0 Å². The third-order valence-corrected chi connectivity index (χ3v) is 10.9. The summed E-state index contributed by atoms with van der Waals surface area (Å²) in [7, 11) is -1.94. The van der Waals surface area contributed by atoms with Crippen molar-refractivity contribution >= 4 is 31.6 Å². The number of aliphatic imine (C=N–C) groups is 1. The van der Waals surface area contributed by atoms with Gasteiger partial charge in [0.05, 0.1) is 11.1 Å². The lowest BCUT2D eigenvalue weighted by Crippen LogP contribution is -2.43. The van der Waals surface area contributed by atoms with Crippen LogP contribution < -0.4 is 4.43 Å². The first-order chi connectivity index (χ1) is 13.6. The molecular formula is C24H27NO3Si. The van der Waals surface area contributed by atoms with Gasteiger partial charge in [-0.15, -0.1) is 0 Å². The molecule has 1 atom stereocenters. The number of carbonyl (C=O) groups excluding carboxylic acids is 1. The second kappa shape index (κ2) is 6.42. The van der Waals surface area contributed by atoms with Gasteiger partial charge in [0.2, 0.25) is 8.32 Å². The molecule has 0 bridgehead atoms. The van der Waals surface area contributed by atoms with Crippen LogP contribution in [0, 0.1) is 0 Å². The van der Waals surface area contributed by atoms with Crippen LogP contribution in [0.1, 0.15) is 38.3 Å². The van der Waals surface area contributed by atoms with Gasteiger partial charge >= 0.3 is 0 Å². The molecule has 1 aliphatic carbocycles. The molecule has 0 saturated heterocycles. The predicted octanol–water partition coefficient (Wildman–Crippen LogP) is 5.97. The quantitative estimate of drug-likeness (QED) is 0.640. The monoisotopic (exact) mass is 405 g/mol. The van der Waals surface area contributed by atoms with Gasteiger partial charge in [0.25, 0.3) is 0 Å². The summed E-state index contributed by atoms with van der Waals surface area (Å²) in [5.74, 6) is 0.412. The maximum absolute atomic E-state index is 12.5. The van der Waals surface area contributed by atoms with Gasteiger partial charge in [0.1, 0.15) is 5.75 Å². The predicted molar refractivity (Wildman–Crippen MR) is 120 cm³/mol. The molecule has 1 aliphatic heterocycles. The van der Waals surface area contributed by atoms with Crippen molar-refractivity contribution in [3.05, 3.63) is 65.4 Å². The molecule has 0 unspecified atom stereocenters. The highest BCUT2D eigenvalue weighted by Gasteiger charge is 2.49. The van der Waals surface area contributed by atoms with Crippen molar-refractivity contribution in [2.45, 2.75) is 50.7 Å². The average Bonchev–Trinajstić information content (AvgIpc) is 3.13. The van der Waals surface area contributed by atoms with Crippen LogP contribution in [0.5, 0.6) is 5.75 Å². The first kappa shape index (κ1) is 19.6. The number of Topliss-reactive ketones (excluding diaryl/α,β-unsaturated/α-hetero) is 1.